The van der Waals surface area contributed by atoms with E-state index in [4.69, 9.17) is 8.83 Å². The molecule has 0 amide bonds. The van der Waals surface area contributed by atoms with E-state index in [9.17, 15) is 0 Å². The number of anilines is 6. The topological polar surface area (TPSA) is 32.8 Å². The van der Waals surface area contributed by atoms with Crippen LogP contribution in [0.4, 0.5) is 34.1 Å². The molecule has 0 aliphatic rings. The lowest BCUT2D eigenvalue weighted by molar-refractivity contribution is 0.651. The van der Waals surface area contributed by atoms with Gasteiger partial charge in [-0.2, -0.15) is 0 Å². The summed E-state index contributed by atoms with van der Waals surface area (Å²) in [7, 11) is 0. The van der Waals surface area contributed by atoms with Crippen LogP contribution in [-0.2, 0) is 0 Å². The maximum atomic E-state index is 6.76. The predicted octanol–water partition coefficient (Wildman–Crippen LogP) is 16.9. The molecule has 11 rings (SSSR count). The average molecular weight is 791 g/mol. The van der Waals surface area contributed by atoms with E-state index in [1.807, 2.05) is 0 Å². The number of rotatable bonds is 6. The van der Waals surface area contributed by atoms with Gasteiger partial charge in [0.1, 0.15) is 22.3 Å². The summed E-state index contributed by atoms with van der Waals surface area (Å²) in [5, 5.41) is 9.00. The van der Waals surface area contributed by atoms with Gasteiger partial charge in [-0.3, -0.25) is 0 Å². The van der Waals surface area contributed by atoms with Crippen LogP contribution in [0.25, 0.3) is 65.4 Å². The number of benzene rings is 9. The van der Waals surface area contributed by atoms with Gasteiger partial charge in [0, 0.05) is 61.2 Å². The van der Waals surface area contributed by atoms with Gasteiger partial charge in [-0.25, -0.2) is 0 Å². The summed E-state index contributed by atoms with van der Waals surface area (Å²) < 4.78 is 13.5. The first-order chi connectivity index (χ1) is 29.6. The van der Waals surface area contributed by atoms with Crippen molar-refractivity contribution >= 4 is 99.5 Å². The summed E-state index contributed by atoms with van der Waals surface area (Å²) in [6, 6.07) is 55.4. The zero-order valence-corrected chi connectivity index (χ0v) is 35.6. The number of hydrogen-bond donors (Lipinski definition) is 0. The summed E-state index contributed by atoms with van der Waals surface area (Å²) in [5.41, 5.74) is 18.8. The molecule has 0 unspecified atom stereocenters. The molecule has 2 aromatic heterocycles. The van der Waals surface area contributed by atoms with Crippen LogP contribution in [0.3, 0.4) is 0 Å². The van der Waals surface area contributed by atoms with Gasteiger partial charge < -0.3 is 18.6 Å². The highest BCUT2D eigenvalue weighted by Gasteiger charge is 2.21. The van der Waals surface area contributed by atoms with Crippen LogP contribution in [0.1, 0.15) is 38.9 Å². The molecule has 2 heterocycles. The van der Waals surface area contributed by atoms with E-state index in [1.165, 1.54) is 44.2 Å². The van der Waals surface area contributed by atoms with Crippen LogP contribution in [0.15, 0.2) is 160 Å². The summed E-state index contributed by atoms with van der Waals surface area (Å²) in [5.74, 6) is 0. The maximum Gasteiger partial charge on any atom is 0.142 e. The zero-order chi connectivity index (χ0) is 41.7. The van der Waals surface area contributed by atoms with Crippen LogP contribution in [-0.4, -0.2) is 0 Å². The Morgan fingerprint density at radius 1 is 0.311 bits per heavy atom. The third-order valence-electron chi connectivity index (χ3n) is 13.0. The highest BCUT2D eigenvalue weighted by atomic mass is 16.3. The molecule has 0 bridgehead atoms. The van der Waals surface area contributed by atoms with E-state index in [-0.39, 0.29) is 0 Å². The lowest BCUT2D eigenvalue weighted by Gasteiger charge is -2.28. The average Bonchev–Trinajstić information content (AvgIpc) is 3.80. The Kier molecular flexibility index (Phi) is 8.37. The molecule has 0 fully saturated rings. The molecule has 61 heavy (non-hydrogen) atoms. The number of hydrogen-bond acceptors (Lipinski definition) is 4. The van der Waals surface area contributed by atoms with Crippen LogP contribution in [0.5, 0.6) is 0 Å². The molecular formula is C57H46N2O2. The van der Waals surface area contributed by atoms with Crippen LogP contribution in [0.2, 0.25) is 0 Å². The molecule has 0 saturated heterocycles. The molecule has 0 N–H and O–H groups in total. The fourth-order valence-electron chi connectivity index (χ4n) is 9.27. The number of aryl methyl sites for hydroxylation is 7. The fraction of sp³-hybridized carbons (Fsp3) is 0.123. The Balaban J connectivity index is 1.03. The summed E-state index contributed by atoms with van der Waals surface area (Å²) in [6.07, 6.45) is 0. The van der Waals surface area contributed by atoms with Gasteiger partial charge in [-0.05, 0) is 194 Å². The third-order valence-corrected chi connectivity index (χ3v) is 13.0. The first-order valence-corrected chi connectivity index (χ1v) is 21.2. The lowest BCUT2D eigenvalue weighted by Crippen LogP contribution is -2.11. The van der Waals surface area contributed by atoms with Gasteiger partial charge in [0.2, 0.25) is 0 Å². The van der Waals surface area contributed by atoms with Gasteiger partial charge in [0.15, 0.2) is 0 Å². The van der Waals surface area contributed by atoms with Crippen molar-refractivity contribution in [3.8, 4) is 0 Å². The molecule has 296 valence electrons. The maximum absolute atomic E-state index is 6.76. The van der Waals surface area contributed by atoms with Crippen molar-refractivity contribution in [1.29, 1.82) is 0 Å². The fourth-order valence-corrected chi connectivity index (χ4v) is 9.27. The Bertz CT molecular complexity index is 3350. The van der Waals surface area contributed by atoms with Crippen LogP contribution >= 0.6 is 0 Å². The molecule has 0 spiro atoms. The zero-order valence-electron chi connectivity index (χ0n) is 35.6. The third kappa shape index (κ3) is 5.96. The van der Waals surface area contributed by atoms with Crippen molar-refractivity contribution in [3.63, 3.8) is 0 Å². The molecule has 11 aromatic rings. The highest BCUT2D eigenvalue weighted by Crippen LogP contribution is 2.45. The highest BCUT2D eigenvalue weighted by molar-refractivity contribution is 6.20. The second-order valence-electron chi connectivity index (χ2n) is 17.0. The molecule has 0 aliphatic carbocycles. The predicted molar refractivity (Wildman–Crippen MR) is 259 cm³/mol. The first kappa shape index (κ1) is 36.8. The van der Waals surface area contributed by atoms with Crippen LogP contribution in [0, 0.1) is 48.5 Å². The van der Waals surface area contributed by atoms with E-state index in [1.54, 1.807) is 0 Å². The molecular weight excluding hydrogens is 745 g/mol. The number of fused-ring (bicyclic) bond motifs is 8. The van der Waals surface area contributed by atoms with Gasteiger partial charge in [-0.1, -0.05) is 60.7 Å². The number of nitrogens with zero attached hydrogens (tertiary/aromatic N) is 2. The van der Waals surface area contributed by atoms with E-state index in [0.29, 0.717) is 0 Å². The SMILES string of the molecule is Cc1ccc(N(c2ccc3cc4c(cc3c2)oc2c(C)c3oc5cc6cc(N(c7ccc(C)c(C)c7)c7ccccc7C)ccc6cc5c3cc24)c2ccccc2C)cc1C. The second-order valence-corrected chi connectivity index (χ2v) is 17.0. The van der Waals surface area contributed by atoms with Crippen molar-refractivity contribution in [2.45, 2.75) is 48.5 Å². The largest absolute Gasteiger partial charge is 0.456 e. The summed E-state index contributed by atoms with van der Waals surface area (Å²) in [6.45, 7) is 15.2. The van der Waals surface area contributed by atoms with Crippen molar-refractivity contribution in [2.24, 2.45) is 0 Å². The Labute approximate surface area is 355 Å². The van der Waals surface area contributed by atoms with E-state index in [2.05, 4.69) is 210 Å². The van der Waals surface area contributed by atoms with Crippen molar-refractivity contribution in [1.82, 2.24) is 0 Å². The smallest absolute Gasteiger partial charge is 0.142 e. The molecule has 0 aliphatic heterocycles. The molecule has 4 heteroatoms. The minimum atomic E-state index is 0.864. The lowest BCUT2D eigenvalue weighted by atomic mass is 10.0. The van der Waals surface area contributed by atoms with Gasteiger partial charge in [0.25, 0.3) is 0 Å². The Morgan fingerprint density at radius 2 is 0.721 bits per heavy atom. The van der Waals surface area contributed by atoms with Gasteiger partial charge in [0.05, 0.1) is 0 Å². The molecule has 0 atom stereocenters. The second kappa shape index (κ2) is 13.9. The van der Waals surface area contributed by atoms with Gasteiger partial charge in [-0.15, -0.1) is 0 Å². The quantitative estimate of drug-likeness (QED) is 0.168. The standard InChI is InChI=1S/C57H46N2O2/c1-33-16-20-44(24-37(33)5)58(52-14-10-8-12-35(52)3)46-22-18-40-28-48-50-32-51-49-29-41-19-23-47(59(53-15-11-9-13-36(53)4)45-21-17-34(2)38(6)25-45)27-43(41)31-55(49)61-57(51)39(7)56(50)60-54(48)30-42(40)26-46/h8-32H,1-7H3. The Hall–Kier alpha value is -7.30. The molecule has 9 aromatic carbocycles. The summed E-state index contributed by atoms with van der Waals surface area (Å²) in [4.78, 5) is 4.73. The van der Waals surface area contributed by atoms with Crippen molar-refractivity contribution in [2.75, 3.05) is 9.80 Å². The molecule has 0 radical (unpaired) electrons. The minimum Gasteiger partial charge on any atom is -0.456 e. The normalized spacial score (nSPS) is 11.9. The number of furan rings is 2. The van der Waals surface area contributed by atoms with Crippen molar-refractivity contribution < 1.29 is 8.83 Å². The Morgan fingerprint density at radius 3 is 1.15 bits per heavy atom. The molecule has 4 nitrogen and oxygen atoms in total. The van der Waals surface area contributed by atoms with E-state index >= 15 is 0 Å². The van der Waals surface area contributed by atoms with E-state index in [0.717, 1.165) is 94.3 Å². The first-order valence-electron chi connectivity index (χ1n) is 21.2. The number of para-hydroxylation sites is 2. The van der Waals surface area contributed by atoms with Crippen LogP contribution < -0.4 is 9.80 Å². The summed E-state index contributed by atoms with van der Waals surface area (Å²) >= 11 is 0. The minimum absolute atomic E-state index is 0.864. The molecule has 0 saturated carbocycles. The van der Waals surface area contributed by atoms with Gasteiger partial charge >= 0.3 is 0 Å². The van der Waals surface area contributed by atoms with E-state index < -0.39 is 0 Å². The van der Waals surface area contributed by atoms with Crippen molar-refractivity contribution in [3.05, 3.63) is 191 Å². The monoisotopic (exact) mass is 790 g/mol.